The second kappa shape index (κ2) is 3.33. The molecule has 64 valence electrons. The van der Waals surface area contributed by atoms with E-state index >= 15 is 0 Å². The molecule has 1 aliphatic heterocycles. The molecule has 1 aromatic rings. The van der Waals surface area contributed by atoms with Crippen LogP contribution in [0.15, 0.2) is 24.3 Å². The summed E-state index contributed by atoms with van der Waals surface area (Å²) in [5.74, 6) is 0. The van der Waals surface area contributed by atoms with E-state index in [1.165, 1.54) is 0 Å². The first kappa shape index (κ1) is 7.90. The van der Waals surface area contributed by atoms with Crippen molar-refractivity contribution in [2.75, 3.05) is 18.4 Å². The molecule has 0 aromatic heterocycles. The molecule has 2 rings (SSSR count). The summed E-state index contributed by atoms with van der Waals surface area (Å²) in [5.41, 5.74) is 1.03. The second-order valence-corrected chi connectivity index (χ2v) is 3.39. The molecule has 0 saturated carbocycles. The van der Waals surface area contributed by atoms with Crippen LogP contribution >= 0.6 is 11.6 Å². The molecule has 0 spiro atoms. The zero-order valence-corrected chi connectivity index (χ0v) is 7.43. The minimum Gasteiger partial charge on any atom is -0.379 e. The van der Waals surface area contributed by atoms with Crippen molar-refractivity contribution in [2.45, 2.75) is 6.04 Å². The standard InChI is InChI=1S/C9H11ClN2/c10-8-3-1-2-4-9(8)12-7-5-11-6-7/h1-4,7,11-12H,5-6H2. The first-order valence-electron chi connectivity index (χ1n) is 4.08. The maximum Gasteiger partial charge on any atom is 0.0637 e. The molecular weight excluding hydrogens is 172 g/mol. The van der Waals surface area contributed by atoms with Gasteiger partial charge < -0.3 is 10.6 Å². The fraction of sp³-hybridized carbons (Fsp3) is 0.333. The molecule has 0 unspecified atom stereocenters. The van der Waals surface area contributed by atoms with Crippen LogP contribution in [0.25, 0.3) is 0 Å². The highest BCUT2D eigenvalue weighted by Gasteiger charge is 2.16. The topological polar surface area (TPSA) is 24.1 Å². The Morgan fingerprint density at radius 3 is 2.67 bits per heavy atom. The Hall–Kier alpha value is -0.730. The van der Waals surface area contributed by atoms with Crippen LogP contribution in [0.2, 0.25) is 5.02 Å². The van der Waals surface area contributed by atoms with E-state index in [4.69, 9.17) is 11.6 Å². The van der Waals surface area contributed by atoms with Gasteiger partial charge in [-0.1, -0.05) is 23.7 Å². The van der Waals surface area contributed by atoms with Crippen LogP contribution < -0.4 is 10.6 Å². The zero-order valence-electron chi connectivity index (χ0n) is 6.68. The van der Waals surface area contributed by atoms with Crippen molar-refractivity contribution in [2.24, 2.45) is 0 Å². The highest BCUT2D eigenvalue weighted by Crippen LogP contribution is 2.21. The number of nitrogens with one attached hydrogen (secondary N) is 2. The second-order valence-electron chi connectivity index (χ2n) is 2.98. The lowest BCUT2D eigenvalue weighted by Gasteiger charge is -2.29. The van der Waals surface area contributed by atoms with Gasteiger partial charge in [0.2, 0.25) is 0 Å². The number of anilines is 1. The maximum absolute atomic E-state index is 5.97. The van der Waals surface area contributed by atoms with E-state index in [1.54, 1.807) is 0 Å². The summed E-state index contributed by atoms with van der Waals surface area (Å²) in [7, 11) is 0. The number of rotatable bonds is 2. The van der Waals surface area contributed by atoms with E-state index in [0.717, 1.165) is 23.8 Å². The Kier molecular flexibility index (Phi) is 2.19. The molecule has 1 fully saturated rings. The monoisotopic (exact) mass is 182 g/mol. The fourth-order valence-electron chi connectivity index (χ4n) is 1.19. The van der Waals surface area contributed by atoms with Crippen molar-refractivity contribution in [3.05, 3.63) is 29.3 Å². The van der Waals surface area contributed by atoms with E-state index in [0.29, 0.717) is 6.04 Å². The average molecular weight is 183 g/mol. The normalized spacial score (nSPS) is 17.1. The molecule has 1 saturated heterocycles. The van der Waals surface area contributed by atoms with Crippen LogP contribution in [-0.4, -0.2) is 19.1 Å². The van der Waals surface area contributed by atoms with Gasteiger partial charge in [0, 0.05) is 13.1 Å². The average Bonchev–Trinajstić information content (AvgIpc) is 2.00. The molecule has 1 aliphatic rings. The predicted octanol–water partition coefficient (Wildman–Crippen LogP) is 1.72. The Labute approximate surface area is 76.9 Å². The number of hydrogen-bond donors (Lipinski definition) is 2. The van der Waals surface area contributed by atoms with Crippen LogP contribution in [0.3, 0.4) is 0 Å². The number of halogens is 1. The van der Waals surface area contributed by atoms with Gasteiger partial charge in [-0.05, 0) is 12.1 Å². The van der Waals surface area contributed by atoms with Gasteiger partial charge in [0.05, 0.1) is 16.8 Å². The Morgan fingerprint density at radius 2 is 2.08 bits per heavy atom. The molecule has 0 radical (unpaired) electrons. The van der Waals surface area contributed by atoms with Gasteiger partial charge in [-0.15, -0.1) is 0 Å². The summed E-state index contributed by atoms with van der Waals surface area (Å²) in [4.78, 5) is 0. The van der Waals surface area contributed by atoms with Crippen LogP contribution in [0, 0.1) is 0 Å². The first-order chi connectivity index (χ1) is 5.86. The Morgan fingerprint density at radius 1 is 1.33 bits per heavy atom. The first-order valence-corrected chi connectivity index (χ1v) is 4.46. The molecule has 0 amide bonds. The molecule has 3 heteroatoms. The smallest absolute Gasteiger partial charge is 0.0637 e. The number of hydrogen-bond acceptors (Lipinski definition) is 2. The van der Waals surface area contributed by atoms with Crippen molar-refractivity contribution in [3.63, 3.8) is 0 Å². The lowest BCUT2D eigenvalue weighted by molar-refractivity contribution is 0.472. The summed E-state index contributed by atoms with van der Waals surface area (Å²) in [6.07, 6.45) is 0. The number of para-hydroxylation sites is 1. The third-order valence-electron chi connectivity index (χ3n) is 2.01. The summed E-state index contributed by atoms with van der Waals surface area (Å²) in [6, 6.07) is 8.37. The lowest BCUT2D eigenvalue weighted by Crippen LogP contribution is -2.51. The molecule has 0 aliphatic carbocycles. The Bertz CT molecular complexity index is 271. The largest absolute Gasteiger partial charge is 0.379 e. The fourth-order valence-corrected chi connectivity index (χ4v) is 1.38. The SMILES string of the molecule is Clc1ccccc1NC1CNC1. The van der Waals surface area contributed by atoms with Crippen molar-refractivity contribution in [3.8, 4) is 0 Å². The summed E-state index contributed by atoms with van der Waals surface area (Å²) < 4.78 is 0. The predicted molar refractivity (Wildman–Crippen MR) is 51.7 cm³/mol. The molecule has 0 atom stereocenters. The van der Waals surface area contributed by atoms with Gasteiger partial charge >= 0.3 is 0 Å². The molecule has 1 aromatic carbocycles. The molecule has 2 nitrogen and oxygen atoms in total. The summed E-state index contributed by atoms with van der Waals surface area (Å²) in [5, 5.41) is 7.34. The van der Waals surface area contributed by atoms with Crippen molar-refractivity contribution < 1.29 is 0 Å². The van der Waals surface area contributed by atoms with Gasteiger partial charge in [0.15, 0.2) is 0 Å². The van der Waals surface area contributed by atoms with Crippen molar-refractivity contribution in [1.82, 2.24) is 5.32 Å². The van der Waals surface area contributed by atoms with E-state index < -0.39 is 0 Å². The molecular formula is C9H11ClN2. The van der Waals surface area contributed by atoms with Gasteiger partial charge in [0.25, 0.3) is 0 Å². The van der Waals surface area contributed by atoms with Crippen LogP contribution in [0.4, 0.5) is 5.69 Å². The van der Waals surface area contributed by atoms with Crippen molar-refractivity contribution in [1.29, 1.82) is 0 Å². The number of benzene rings is 1. The zero-order chi connectivity index (χ0) is 8.39. The van der Waals surface area contributed by atoms with Gasteiger partial charge in [0.1, 0.15) is 0 Å². The van der Waals surface area contributed by atoms with Crippen molar-refractivity contribution >= 4 is 17.3 Å². The molecule has 1 heterocycles. The van der Waals surface area contributed by atoms with E-state index in [9.17, 15) is 0 Å². The van der Waals surface area contributed by atoms with Crippen LogP contribution in [-0.2, 0) is 0 Å². The maximum atomic E-state index is 5.97. The third kappa shape index (κ3) is 1.54. The van der Waals surface area contributed by atoms with E-state index in [1.807, 2.05) is 24.3 Å². The Balaban J connectivity index is 2.06. The minimum atomic E-state index is 0.546. The van der Waals surface area contributed by atoms with Crippen LogP contribution in [0.5, 0.6) is 0 Å². The molecule has 12 heavy (non-hydrogen) atoms. The van der Waals surface area contributed by atoms with E-state index in [-0.39, 0.29) is 0 Å². The highest BCUT2D eigenvalue weighted by molar-refractivity contribution is 6.33. The summed E-state index contributed by atoms with van der Waals surface area (Å²) in [6.45, 7) is 2.07. The lowest BCUT2D eigenvalue weighted by atomic mass is 10.1. The van der Waals surface area contributed by atoms with Gasteiger partial charge in [-0.2, -0.15) is 0 Å². The van der Waals surface area contributed by atoms with Gasteiger partial charge in [-0.25, -0.2) is 0 Å². The van der Waals surface area contributed by atoms with Gasteiger partial charge in [-0.3, -0.25) is 0 Å². The summed E-state index contributed by atoms with van der Waals surface area (Å²) >= 11 is 5.97. The quantitative estimate of drug-likeness (QED) is 0.728. The highest BCUT2D eigenvalue weighted by atomic mass is 35.5. The molecule has 2 N–H and O–H groups in total. The third-order valence-corrected chi connectivity index (χ3v) is 2.34. The minimum absolute atomic E-state index is 0.546. The van der Waals surface area contributed by atoms with Crippen LogP contribution in [0.1, 0.15) is 0 Å². The molecule has 0 bridgehead atoms. The van der Waals surface area contributed by atoms with E-state index in [2.05, 4.69) is 10.6 Å².